The van der Waals surface area contributed by atoms with E-state index in [2.05, 4.69) is 26.4 Å². The summed E-state index contributed by atoms with van der Waals surface area (Å²) in [6.45, 7) is 1.65. The van der Waals surface area contributed by atoms with Gasteiger partial charge < -0.3 is 9.63 Å². The average Bonchev–Trinajstić information content (AvgIpc) is 2.60. The Bertz CT molecular complexity index is 566. The average molecular weight is 297 g/mol. The second kappa shape index (κ2) is 4.58. The fourth-order valence-corrected chi connectivity index (χ4v) is 1.86. The number of hydrogen-bond donors (Lipinski definition) is 2. The molecule has 2 rings (SSSR count). The summed E-state index contributed by atoms with van der Waals surface area (Å²) in [7, 11) is 0. The van der Waals surface area contributed by atoms with Gasteiger partial charge in [0.2, 0.25) is 0 Å². The lowest BCUT2D eigenvalue weighted by atomic mass is 10.1. The summed E-state index contributed by atoms with van der Waals surface area (Å²) in [6, 6.07) is 7.38. The van der Waals surface area contributed by atoms with Crippen LogP contribution in [0.25, 0.3) is 11.3 Å². The normalized spacial score (nSPS) is 10.2. The Morgan fingerprint density at radius 2 is 2.29 bits per heavy atom. The highest BCUT2D eigenvalue weighted by Crippen LogP contribution is 2.31. The molecular weight excluding hydrogens is 288 g/mol. The number of nitrogens with zero attached hydrogens (tertiary/aromatic N) is 1. The Labute approximate surface area is 106 Å². The van der Waals surface area contributed by atoms with Gasteiger partial charge in [0.1, 0.15) is 11.4 Å². The van der Waals surface area contributed by atoms with Crippen molar-refractivity contribution >= 4 is 27.7 Å². The molecule has 2 N–H and O–H groups in total. The predicted octanol–water partition coefficient (Wildman–Crippen LogP) is 3.50. The Hall–Kier alpha value is -1.82. The zero-order valence-corrected chi connectivity index (χ0v) is 10.5. The van der Waals surface area contributed by atoms with Crippen molar-refractivity contribution in [2.45, 2.75) is 6.92 Å². The summed E-state index contributed by atoms with van der Waals surface area (Å²) in [5, 5.41) is 14.9. The molecule has 0 unspecified atom stereocenters. The maximum atomic E-state index is 10.7. The van der Waals surface area contributed by atoms with Crippen molar-refractivity contribution in [1.29, 1.82) is 0 Å². The van der Waals surface area contributed by atoms with Crippen LogP contribution in [0.1, 0.15) is 5.76 Å². The highest BCUT2D eigenvalue weighted by Gasteiger charge is 2.16. The molecule has 0 aliphatic carbocycles. The van der Waals surface area contributed by atoms with Crippen LogP contribution in [0.5, 0.6) is 0 Å². The molecule has 5 nitrogen and oxygen atoms in total. The SMILES string of the molecule is Cc1onc(-c2cccc(Br)c2)c1NC(=O)O. The molecule has 2 aromatic rings. The summed E-state index contributed by atoms with van der Waals surface area (Å²) in [6.07, 6.45) is -1.15. The highest BCUT2D eigenvalue weighted by atomic mass is 79.9. The minimum atomic E-state index is -1.15. The molecule has 0 saturated carbocycles. The number of aromatic nitrogens is 1. The van der Waals surface area contributed by atoms with Crippen molar-refractivity contribution in [3.63, 3.8) is 0 Å². The summed E-state index contributed by atoms with van der Waals surface area (Å²) in [5.74, 6) is 0.433. The van der Waals surface area contributed by atoms with E-state index in [1.807, 2.05) is 24.3 Å². The molecule has 88 valence electrons. The fourth-order valence-electron chi connectivity index (χ4n) is 1.46. The largest absolute Gasteiger partial charge is 0.465 e. The van der Waals surface area contributed by atoms with E-state index in [9.17, 15) is 4.79 Å². The number of rotatable bonds is 2. The molecule has 0 spiro atoms. The molecule has 0 saturated heterocycles. The van der Waals surface area contributed by atoms with E-state index >= 15 is 0 Å². The number of carbonyl (C=O) groups is 1. The van der Waals surface area contributed by atoms with Gasteiger partial charge in [0.15, 0.2) is 5.76 Å². The van der Waals surface area contributed by atoms with Crippen molar-refractivity contribution < 1.29 is 14.4 Å². The first kappa shape index (κ1) is 11.7. The highest BCUT2D eigenvalue weighted by molar-refractivity contribution is 9.10. The number of amides is 1. The molecule has 1 amide bonds. The van der Waals surface area contributed by atoms with Gasteiger partial charge in [0.25, 0.3) is 0 Å². The molecule has 0 fully saturated rings. The van der Waals surface area contributed by atoms with Crippen LogP contribution in [-0.2, 0) is 0 Å². The van der Waals surface area contributed by atoms with E-state index < -0.39 is 6.09 Å². The van der Waals surface area contributed by atoms with Crippen molar-refractivity contribution in [2.75, 3.05) is 5.32 Å². The maximum Gasteiger partial charge on any atom is 0.409 e. The molecule has 0 atom stereocenters. The molecule has 1 aromatic carbocycles. The quantitative estimate of drug-likeness (QED) is 0.889. The Kier molecular flexibility index (Phi) is 3.14. The molecule has 0 bridgehead atoms. The van der Waals surface area contributed by atoms with Gasteiger partial charge in [-0.1, -0.05) is 33.2 Å². The van der Waals surface area contributed by atoms with Crippen LogP contribution in [0.4, 0.5) is 10.5 Å². The van der Waals surface area contributed by atoms with E-state index in [-0.39, 0.29) is 0 Å². The van der Waals surface area contributed by atoms with Crippen molar-refractivity contribution in [3.05, 3.63) is 34.5 Å². The Balaban J connectivity index is 2.48. The van der Waals surface area contributed by atoms with Gasteiger partial charge in [-0.3, -0.25) is 5.32 Å². The van der Waals surface area contributed by atoms with Gasteiger partial charge in [-0.15, -0.1) is 0 Å². The molecule has 0 radical (unpaired) electrons. The number of anilines is 1. The number of nitrogens with one attached hydrogen (secondary N) is 1. The summed E-state index contributed by atoms with van der Waals surface area (Å²) in [4.78, 5) is 10.7. The molecule has 0 aliphatic rings. The van der Waals surface area contributed by atoms with Crippen molar-refractivity contribution in [3.8, 4) is 11.3 Å². The van der Waals surface area contributed by atoms with Gasteiger partial charge in [0.05, 0.1) is 0 Å². The lowest BCUT2D eigenvalue weighted by molar-refractivity contribution is 0.209. The third-order valence-corrected chi connectivity index (χ3v) is 2.69. The van der Waals surface area contributed by atoms with Crippen LogP contribution >= 0.6 is 15.9 Å². The smallest absolute Gasteiger partial charge is 0.409 e. The van der Waals surface area contributed by atoms with Gasteiger partial charge in [-0.2, -0.15) is 0 Å². The van der Waals surface area contributed by atoms with Crippen LogP contribution in [0.2, 0.25) is 0 Å². The number of carboxylic acid groups (broad SMARTS) is 1. The van der Waals surface area contributed by atoms with Crippen molar-refractivity contribution in [1.82, 2.24) is 5.16 Å². The van der Waals surface area contributed by atoms with E-state index in [1.165, 1.54) is 0 Å². The standard InChI is InChI=1S/C11H9BrN2O3/c1-6-9(13-11(15)16)10(14-17-6)7-3-2-4-8(12)5-7/h2-5,13H,1H3,(H,15,16). The van der Waals surface area contributed by atoms with Crippen LogP contribution in [0, 0.1) is 6.92 Å². The lowest BCUT2D eigenvalue weighted by Gasteiger charge is -2.02. The Morgan fingerprint density at radius 3 is 2.94 bits per heavy atom. The van der Waals surface area contributed by atoms with Crippen LogP contribution in [0.15, 0.2) is 33.3 Å². The minimum absolute atomic E-state index is 0.371. The van der Waals surface area contributed by atoms with Crippen molar-refractivity contribution in [2.24, 2.45) is 0 Å². The third kappa shape index (κ3) is 2.47. The number of aryl methyl sites for hydroxylation is 1. The zero-order valence-electron chi connectivity index (χ0n) is 8.90. The zero-order chi connectivity index (χ0) is 12.4. The molecule has 0 aliphatic heterocycles. The molecule has 17 heavy (non-hydrogen) atoms. The van der Waals surface area contributed by atoms with E-state index in [4.69, 9.17) is 9.63 Å². The number of halogens is 1. The first-order valence-electron chi connectivity index (χ1n) is 4.80. The van der Waals surface area contributed by atoms with Gasteiger partial charge in [0, 0.05) is 10.0 Å². The predicted molar refractivity (Wildman–Crippen MR) is 66.0 cm³/mol. The number of hydrogen-bond acceptors (Lipinski definition) is 3. The van der Waals surface area contributed by atoms with Crippen LogP contribution < -0.4 is 5.32 Å². The van der Waals surface area contributed by atoms with E-state index in [1.54, 1.807) is 6.92 Å². The lowest BCUT2D eigenvalue weighted by Crippen LogP contribution is -2.08. The second-order valence-electron chi connectivity index (χ2n) is 3.40. The fraction of sp³-hybridized carbons (Fsp3) is 0.0909. The molecule has 1 aromatic heterocycles. The Morgan fingerprint density at radius 1 is 1.53 bits per heavy atom. The molecule has 6 heteroatoms. The molecular formula is C11H9BrN2O3. The minimum Gasteiger partial charge on any atom is -0.465 e. The first-order valence-corrected chi connectivity index (χ1v) is 5.59. The number of benzene rings is 1. The monoisotopic (exact) mass is 296 g/mol. The summed E-state index contributed by atoms with van der Waals surface area (Å²) >= 11 is 3.35. The van der Waals surface area contributed by atoms with E-state index in [0.717, 1.165) is 10.0 Å². The van der Waals surface area contributed by atoms with E-state index in [0.29, 0.717) is 17.1 Å². The molecule has 1 heterocycles. The third-order valence-electron chi connectivity index (χ3n) is 2.19. The summed E-state index contributed by atoms with van der Waals surface area (Å²) in [5.41, 5.74) is 1.63. The van der Waals surface area contributed by atoms with Gasteiger partial charge in [-0.05, 0) is 19.1 Å². The summed E-state index contributed by atoms with van der Waals surface area (Å²) < 4.78 is 5.89. The van der Waals surface area contributed by atoms with Gasteiger partial charge >= 0.3 is 6.09 Å². The second-order valence-corrected chi connectivity index (χ2v) is 4.32. The van der Waals surface area contributed by atoms with Gasteiger partial charge in [-0.25, -0.2) is 4.79 Å². The first-order chi connectivity index (χ1) is 8.08. The topological polar surface area (TPSA) is 75.4 Å². The van der Waals surface area contributed by atoms with Crippen LogP contribution in [0.3, 0.4) is 0 Å². The van der Waals surface area contributed by atoms with Crippen LogP contribution in [-0.4, -0.2) is 16.4 Å². The maximum absolute atomic E-state index is 10.7.